The Labute approximate surface area is 109 Å². The largest absolute Gasteiger partial charge is 0.419 e. The molecular formula is C13H17F4NO. The zero-order chi connectivity index (χ0) is 14.6. The Hall–Kier alpha value is -1.14. The predicted molar refractivity (Wildman–Crippen MR) is 64.3 cm³/mol. The van der Waals surface area contributed by atoms with Crippen LogP contribution in [0.3, 0.4) is 0 Å². The van der Waals surface area contributed by atoms with Gasteiger partial charge in [0.2, 0.25) is 0 Å². The number of rotatable bonds is 5. The number of nitrogens with one attached hydrogen (secondary N) is 1. The zero-order valence-corrected chi connectivity index (χ0v) is 11.0. The van der Waals surface area contributed by atoms with Gasteiger partial charge < -0.3 is 10.1 Å². The van der Waals surface area contributed by atoms with Crippen molar-refractivity contribution in [2.75, 3.05) is 14.2 Å². The Morgan fingerprint density at radius 3 is 2.32 bits per heavy atom. The minimum atomic E-state index is -4.68. The van der Waals surface area contributed by atoms with E-state index in [4.69, 9.17) is 4.74 Å². The smallest absolute Gasteiger partial charge is 0.379 e. The third-order valence-electron chi connectivity index (χ3n) is 3.05. The molecule has 0 bridgehead atoms. The van der Waals surface area contributed by atoms with Gasteiger partial charge in [0, 0.05) is 7.11 Å². The van der Waals surface area contributed by atoms with E-state index in [0.29, 0.717) is 12.0 Å². The number of methoxy groups -OCH3 is 1. The molecule has 0 aliphatic rings. The number of hydrogen-bond donors (Lipinski definition) is 1. The standard InChI is InChI=1S/C13H17F4NO/c1-4-11(19-3)12(18-2)8-5-6-9(10(14)7-8)13(15,16)17/h5-7,11-12,18H,4H2,1-3H3. The normalized spacial score (nSPS) is 15.3. The molecule has 2 atom stereocenters. The van der Waals surface area contributed by atoms with Crippen molar-refractivity contribution >= 4 is 0 Å². The van der Waals surface area contributed by atoms with E-state index in [0.717, 1.165) is 12.1 Å². The first-order chi connectivity index (χ1) is 8.85. The monoisotopic (exact) mass is 279 g/mol. The Morgan fingerprint density at radius 1 is 1.32 bits per heavy atom. The van der Waals surface area contributed by atoms with Gasteiger partial charge in [-0.15, -0.1) is 0 Å². The van der Waals surface area contributed by atoms with Crippen molar-refractivity contribution < 1.29 is 22.3 Å². The minimum Gasteiger partial charge on any atom is -0.379 e. The van der Waals surface area contributed by atoms with Gasteiger partial charge in [-0.05, 0) is 31.2 Å². The Balaban J connectivity index is 3.11. The quantitative estimate of drug-likeness (QED) is 0.833. The second-order valence-corrected chi connectivity index (χ2v) is 4.19. The van der Waals surface area contributed by atoms with Crippen LogP contribution in [0.15, 0.2) is 18.2 Å². The lowest BCUT2D eigenvalue weighted by Crippen LogP contribution is -2.30. The van der Waals surface area contributed by atoms with Crippen LogP contribution in [0.4, 0.5) is 17.6 Å². The van der Waals surface area contributed by atoms with Gasteiger partial charge in [-0.1, -0.05) is 13.0 Å². The van der Waals surface area contributed by atoms with E-state index in [1.165, 1.54) is 13.2 Å². The molecular weight excluding hydrogens is 262 g/mol. The number of hydrogen-bond acceptors (Lipinski definition) is 2. The van der Waals surface area contributed by atoms with Crippen molar-refractivity contribution in [3.05, 3.63) is 35.1 Å². The third-order valence-corrected chi connectivity index (χ3v) is 3.05. The number of ether oxygens (including phenoxy) is 1. The molecule has 1 rings (SSSR count). The minimum absolute atomic E-state index is 0.235. The summed E-state index contributed by atoms with van der Waals surface area (Å²) in [6, 6.07) is 2.59. The lowest BCUT2D eigenvalue weighted by Gasteiger charge is -2.25. The van der Waals surface area contributed by atoms with Gasteiger partial charge in [-0.2, -0.15) is 13.2 Å². The van der Waals surface area contributed by atoms with Crippen molar-refractivity contribution in [2.45, 2.75) is 31.7 Å². The summed E-state index contributed by atoms with van der Waals surface area (Å²) in [5.41, 5.74) is -0.821. The molecule has 0 aliphatic carbocycles. The van der Waals surface area contributed by atoms with Gasteiger partial charge >= 0.3 is 6.18 Å². The van der Waals surface area contributed by atoms with Crippen LogP contribution in [0.2, 0.25) is 0 Å². The maximum Gasteiger partial charge on any atom is 0.419 e. The summed E-state index contributed by atoms with van der Waals surface area (Å²) in [6.45, 7) is 1.89. The van der Waals surface area contributed by atoms with Crippen molar-refractivity contribution in [3.8, 4) is 0 Å². The van der Waals surface area contributed by atoms with Crippen molar-refractivity contribution in [1.29, 1.82) is 0 Å². The van der Waals surface area contributed by atoms with Gasteiger partial charge in [0.25, 0.3) is 0 Å². The molecule has 1 N–H and O–H groups in total. The van der Waals surface area contributed by atoms with Crippen LogP contribution < -0.4 is 5.32 Å². The van der Waals surface area contributed by atoms with E-state index in [1.54, 1.807) is 7.05 Å². The summed E-state index contributed by atoms with van der Waals surface area (Å²) in [5.74, 6) is -1.27. The van der Waals surface area contributed by atoms with E-state index in [2.05, 4.69) is 5.32 Å². The Morgan fingerprint density at radius 2 is 1.95 bits per heavy atom. The van der Waals surface area contributed by atoms with Crippen LogP contribution in [0.25, 0.3) is 0 Å². The predicted octanol–water partition coefficient (Wildman–Crippen LogP) is 3.53. The van der Waals surface area contributed by atoms with Gasteiger partial charge in [-0.25, -0.2) is 4.39 Å². The average molecular weight is 279 g/mol. The average Bonchev–Trinajstić information content (AvgIpc) is 2.34. The molecule has 108 valence electrons. The maximum absolute atomic E-state index is 13.5. The number of alkyl halides is 3. The highest BCUT2D eigenvalue weighted by molar-refractivity contribution is 5.29. The van der Waals surface area contributed by atoms with Crippen LogP contribution in [0.5, 0.6) is 0 Å². The summed E-state index contributed by atoms with van der Waals surface area (Å²) in [7, 11) is 3.17. The summed E-state index contributed by atoms with van der Waals surface area (Å²) in [5, 5.41) is 2.93. The van der Waals surface area contributed by atoms with Crippen LogP contribution in [0.1, 0.15) is 30.5 Å². The molecule has 1 aromatic carbocycles. The molecule has 0 aliphatic heterocycles. The molecule has 2 nitrogen and oxygen atoms in total. The first-order valence-electron chi connectivity index (χ1n) is 5.91. The molecule has 19 heavy (non-hydrogen) atoms. The molecule has 2 unspecified atom stereocenters. The second-order valence-electron chi connectivity index (χ2n) is 4.19. The van der Waals surface area contributed by atoms with Crippen LogP contribution in [-0.2, 0) is 10.9 Å². The number of benzene rings is 1. The number of likely N-dealkylation sites (N-methyl/N-ethyl adjacent to an activating group) is 1. The highest BCUT2D eigenvalue weighted by Gasteiger charge is 2.34. The third kappa shape index (κ3) is 3.67. The van der Waals surface area contributed by atoms with E-state index in [-0.39, 0.29) is 12.1 Å². The molecule has 0 radical (unpaired) electrons. The second kappa shape index (κ2) is 6.34. The fraction of sp³-hybridized carbons (Fsp3) is 0.538. The van der Waals surface area contributed by atoms with Crippen LogP contribution in [0, 0.1) is 5.82 Å². The molecule has 0 amide bonds. The summed E-state index contributed by atoms with van der Waals surface area (Å²) < 4.78 is 56.2. The van der Waals surface area contributed by atoms with Gasteiger partial charge in [-0.3, -0.25) is 0 Å². The highest BCUT2D eigenvalue weighted by Crippen LogP contribution is 2.33. The zero-order valence-electron chi connectivity index (χ0n) is 11.0. The molecule has 0 aromatic heterocycles. The Kier molecular flexibility index (Phi) is 5.31. The molecule has 0 saturated carbocycles. The van der Waals surface area contributed by atoms with Gasteiger partial charge in [0.1, 0.15) is 5.82 Å². The van der Waals surface area contributed by atoms with E-state index in [1.807, 2.05) is 6.92 Å². The van der Waals surface area contributed by atoms with E-state index >= 15 is 0 Å². The lowest BCUT2D eigenvalue weighted by molar-refractivity contribution is -0.140. The van der Waals surface area contributed by atoms with Crippen molar-refractivity contribution in [2.24, 2.45) is 0 Å². The first-order valence-corrected chi connectivity index (χ1v) is 5.91. The van der Waals surface area contributed by atoms with Gasteiger partial charge in [0.15, 0.2) is 0 Å². The summed E-state index contributed by atoms with van der Waals surface area (Å²) in [4.78, 5) is 0. The van der Waals surface area contributed by atoms with Gasteiger partial charge in [0.05, 0.1) is 17.7 Å². The first kappa shape index (κ1) is 15.9. The number of halogens is 4. The lowest BCUT2D eigenvalue weighted by atomic mass is 9.98. The van der Waals surface area contributed by atoms with Crippen LogP contribution >= 0.6 is 0 Å². The van der Waals surface area contributed by atoms with Crippen molar-refractivity contribution in [1.82, 2.24) is 5.32 Å². The topological polar surface area (TPSA) is 21.3 Å². The fourth-order valence-corrected chi connectivity index (χ4v) is 2.06. The maximum atomic E-state index is 13.5. The van der Waals surface area contributed by atoms with Crippen molar-refractivity contribution in [3.63, 3.8) is 0 Å². The SMILES string of the molecule is CCC(OC)C(NC)c1ccc(C(F)(F)F)c(F)c1. The molecule has 0 heterocycles. The summed E-state index contributed by atoms with van der Waals surface area (Å²) >= 11 is 0. The van der Waals surface area contributed by atoms with E-state index < -0.39 is 17.6 Å². The highest BCUT2D eigenvalue weighted by atomic mass is 19.4. The molecule has 6 heteroatoms. The summed E-state index contributed by atoms with van der Waals surface area (Å²) in [6.07, 6.45) is -4.26. The Bertz CT molecular complexity index is 416. The molecule has 1 aromatic rings. The van der Waals surface area contributed by atoms with Crippen LogP contribution in [-0.4, -0.2) is 20.3 Å². The fourth-order valence-electron chi connectivity index (χ4n) is 2.06. The molecule has 0 spiro atoms. The molecule has 0 saturated heterocycles. The molecule has 0 fully saturated rings. The van der Waals surface area contributed by atoms with E-state index in [9.17, 15) is 17.6 Å².